The molecule has 0 fully saturated rings. The molecule has 0 saturated heterocycles. The van der Waals surface area contributed by atoms with Crippen molar-refractivity contribution in [3.05, 3.63) is 34.9 Å². The Hall–Kier alpha value is -1.55. The zero-order valence-corrected chi connectivity index (χ0v) is 13.7. The molecule has 0 spiro atoms. The summed E-state index contributed by atoms with van der Waals surface area (Å²) >= 11 is 0. The van der Waals surface area contributed by atoms with Gasteiger partial charge in [0.15, 0.2) is 0 Å². The van der Waals surface area contributed by atoms with Gasteiger partial charge < -0.3 is 15.0 Å². The third-order valence-corrected chi connectivity index (χ3v) is 3.67. The molecule has 1 aromatic carbocycles. The lowest BCUT2D eigenvalue weighted by molar-refractivity contribution is 0.0138. The maximum absolute atomic E-state index is 12.3. The van der Waals surface area contributed by atoms with Gasteiger partial charge in [-0.3, -0.25) is 0 Å². The van der Waals surface area contributed by atoms with Crippen LogP contribution in [0.3, 0.4) is 0 Å². The summed E-state index contributed by atoms with van der Waals surface area (Å²) in [7, 11) is 1.95. The second kappa shape index (κ2) is 6.06. The highest BCUT2D eigenvalue weighted by Gasteiger charge is 2.30. The Bertz CT molecular complexity index is 520. The van der Waals surface area contributed by atoms with Crippen LogP contribution in [-0.4, -0.2) is 29.7 Å². The van der Waals surface area contributed by atoms with E-state index >= 15 is 0 Å². The molecule has 1 aliphatic rings. The van der Waals surface area contributed by atoms with Crippen LogP contribution in [0.1, 0.15) is 44.4 Å². The maximum atomic E-state index is 12.3. The third kappa shape index (κ3) is 3.97. The van der Waals surface area contributed by atoms with Crippen LogP contribution in [0.15, 0.2) is 18.2 Å². The number of nitrogens with one attached hydrogen (secondary N) is 1. The van der Waals surface area contributed by atoms with E-state index in [9.17, 15) is 4.79 Å². The van der Waals surface area contributed by atoms with Gasteiger partial charge in [0, 0.05) is 19.1 Å². The number of fused-ring (bicyclic) bond motifs is 1. The minimum absolute atomic E-state index is 0.164. The molecule has 116 valence electrons. The van der Waals surface area contributed by atoms with Crippen molar-refractivity contribution in [2.45, 2.75) is 58.8 Å². The van der Waals surface area contributed by atoms with Crippen LogP contribution in [0, 0.1) is 0 Å². The zero-order chi connectivity index (χ0) is 15.6. The SMILES string of the molecule is CNCc1ccc2c(c1)CC(C)N(C(=O)OC(C)(C)C)C2. The van der Waals surface area contributed by atoms with Crippen molar-refractivity contribution in [2.24, 2.45) is 0 Å². The summed E-state index contributed by atoms with van der Waals surface area (Å²) in [5.74, 6) is 0. The molecule has 1 aliphatic heterocycles. The fraction of sp³-hybridized carbons (Fsp3) is 0.588. The molecular formula is C17H26N2O2. The molecule has 1 N–H and O–H groups in total. The molecule has 1 atom stereocenters. The Morgan fingerprint density at radius 2 is 2.10 bits per heavy atom. The second-order valence-corrected chi connectivity index (χ2v) is 6.79. The lowest BCUT2D eigenvalue weighted by Gasteiger charge is -2.36. The van der Waals surface area contributed by atoms with Crippen LogP contribution in [-0.2, 0) is 24.2 Å². The van der Waals surface area contributed by atoms with Gasteiger partial charge in [-0.15, -0.1) is 0 Å². The van der Waals surface area contributed by atoms with Crippen LogP contribution in [0.25, 0.3) is 0 Å². The van der Waals surface area contributed by atoms with Gasteiger partial charge in [-0.1, -0.05) is 18.2 Å². The highest BCUT2D eigenvalue weighted by molar-refractivity contribution is 5.69. The van der Waals surface area contributed by atoms with Crippen LogP contribution < -0.4 is 5.32 Å². The monoisotopic (exact) mass is 290 g/mol. The molecule has 0 bridgehead atoms. The van der Waals surface area contributed by atoms with Crippen LogP contribution in [0.2, 0.25) is 0 Å². The van der Waals surface area contributed by atoms with Crippen molar-refractivity contribution >= 4 is 6.09 Å². The minimum atomic E-state index is -0.451. The van der Waals surface area contributed by atoms with E-state index in [0.29, 0.717) is 6.54 Å². The van der Waals surface area contributed by atoms with E-state index in [0.717, 1.165) is 13.0 Å². The number of ether oxygens (including phenoxy) is 1. The van der Waals surface area contributed by atoms with E-state index < -0.39 is 5.60 Å². The van der Waals surface area contributed by atoms with Crippen molar-refractivity contribution < 1.29 is 9.53 Å². The normalized spacial score (nSPS) is 18.3. The van der Waals surface area contributed by atoms with Crippen molar-refractivity contribution in [3.63, 3.8) is 0 Å². The average molecular weight is 290 g/mol. The summed E-state index contributed by atoms with van der Waals surface area (Å²) in [5, 5.41) is 3.17. The predicted octanol–water partition coefficient (Wildman–Crippen LogP) is 3.09. The van der Waals surface area contributed by atoms with Gasteiger partial charge in [0.05, 0.1) is 0 Å². The lowest BCUT2D eigenvalue weighted by Crippen LogP contribution is -2.45. The van der Waals surface area contributed by atoms with E-state index in [4.69, 9.17) is 4.74 Å². The van der Waals surface area contributed by atoms with Crippen LogP contribution in [0.4, 0.5) is 4.79 Å². The Morgan fingerprint density at radius 1 is 1.38 bits per heavy atom. The standard InChI is InChI=1S/C17H26N2O2/c1-12-8-15-9-13(10-18-5)6-7-14(15)11-19(12)16(20)21-17(2,3)4/h6-7,9,12,18H,8,10-11H2,1-5H3. The molecule has 0 aromatic heterocycles. The van der Waals surface area contributed by atoms with Gasteiger partial charge in [0.25, 0.3) is 0 Å². The van der Waals surface area contributed by atoms with E-state index in [1.165, 1.54) is 16.7 Å². The molecule has 1 amide bonds. The van der Waals surface area contributed by atoms with Gasteiger partial charge in [0.2, 0.25) is 0 Å². The quantitative estimate of drug-likeness (QED) is 0.910. The molecule has 0 aliphatic carbocycles. The maximum Gasteiger partial charge on any atom is 0.410 e. The first-order valence-electron chi connectivity index (χ1n) is 7.55. The topological polar surface area (TPSA) is 41.6 Å². The van der Waals surface area contributed by atoms with Crippen LogP contribution >= 0.6 is 0 Å². The van der Waals surface area contributed by atoms with Gasteiger partial charge in [-0.05, 0) is 57.9 Å². The molecule has 4 heteroatoms. The van der Waals surface area contributed by atoms with E-state index in [1.807, 2.05) is 32.7 Å². The molecule has 0 saturated carbocycles. The first-order chi connectivity index (χ1) is 9.80. The fourth-order valence-electron chi connectivity index (χ4n) is 2.67. The number of amides is 1. The van der Waals surface area contributed by atoms with Crippen molar-refractivity contribution in [3.8, 4) is 0 Å². The lowest BCUT2D eigenvalue weighted by atomic mass is 9.93. The summed E-state index contributed by atoms with van der Waals surface area (Å²) in [5.41, 5.74) is 3.40. The number of hydrogen-bond donors (Lipinski definition) is 1. The predicted molar refractivity (Wildman–Crippen MR) is 84.1 cm³/mol. The number of rotatable bonds is 2. The average Bonchev–Trinajstić information content (AvgIpc) is 2.36. The van der Waals surface area contributed by atoms with Gasteiger partial charge >= 0.3 is 6.09 Å². The third-order valence-electron chi connectivity index (χ3n) is 3.67. The molecule has 1 heterocycles. The summed E-state index contributed by atoms with van der Waals surface area (Å²) in [4.78, 5) is 14.1. The Morgan fingerprint density at radius 3 is 2.71 bits per heavy atom. The van der Waals surface area contributed by atoms with Crippen molar-refractivity contribution in [1.29, 1.82) is 0 Å². The van der Waals surface area contributed by atoms with Crippen LogP contribution in [0.5, 0.6) is 0 Å². The fourth-order valence-corrected chi connectivity index (χ4v) is 2.67. The smallest absolute Gasteiger partial charge is 0.410 e. The van der Waals surface area contributed by atoms with E-state index in [1.54, 1.807) is 0 Å². The Labute approximate surface area is 127 Å². The number of nitrogens with zero attached hydrogens (tertiary/aromatic N) is 1. The molecular weight excluding hydrogens is 264 g/mol. The first kappa shape index (κ1) is 15.8. The summed E-state index contributed by atoms with van der Waals surface area (Å²) in [6.45, 7) is 9.28. The number of carbonyl (C=O) groups is 1. The van der Waals surface area contributed by atoms with Gasteiger partial charge in [-0.25, -0.2) is 4.79 Å². The molecule has 1 aromatic rings. The molecule has 21 heavy (non-hydrogen) atoms. The highest BCUT2D eigenvalue weighted by atomic mass is 16.6. The van der Waals surface area contributed by atoms with Crippen molar-refractivity contribution in [1.82, 2.24) is 10.2 Å². The molecule has 1 unspecified atom stereocenters. The van der Waals surface area contributed by atoms with Gasteiger partial charge in [-0.2, -0.15) is 0 Å². The summed E-state index contributed by atoms with van der Waals surface area (Å²) < 4.78 is 5.50. The highest BCUT2D eigenvalue weighted by Crippen LogP contribution is 2.26. The number of carbonyl (C=O) groups excluding carboxylic acids is 1. The minimum Gasteiger partial charge on any atom is -0.444 e. The second-order valence-electron chi connectivity index (χ2n) is 6.79. The number of hydrogen-bond acceptors (Lipinski definition) is 3. The number of benzene rings is 1. The Balaban J connectivity index is 2.15. The first-order valence-corrected chi connectivity index (χ1v) is 7.55. The zero-order valence-electron chi connectivity index (χ0n) is 13.7. The van der Waals surface area contributed by atoms with E-state index in [2.05, 4.69) is 30.4 Å². The van der Waals surface area contributed by atoms with Gasteiger partial charge in [0.1, 0.15) is 5.60 Å². The van der Waals surface area contributed by atoms with E-state index in [-0.39, 0.29) is 12.1 Å². The molecule has 0 radical (unpaired) electrons. The summed E-state index contributed by atoms with van der Waals surface area (Å²) in [6, 6.07) is 6.66. The largest absolute Gasteiger partial charge is 0.444 e. The Kier molecular flexibility index (Phi) is 4.57. The molecule has 2 rings (SSSR count). The molecule has 4 nitrogen and oxygen atoms in total. The van der Waals surface area contributed by atoms with Crippen molar-refractivity contribution in [2.75, 3.05) is 7.05 Å². The summed E-state index contributed by atoms with van der Waals surface area (Å²) in [6.07, 6.45) is 0.659.